The van der Waals surface area contributed by atoms with Crippen LogP contribution in [0.5, 0.6) is 0 Å². The maximum absolute atomic E-state index is 12.4. The van der Waals surface area contributed by atoms with E-state index in [2.05, 4.69) is 10.0 Å². The molecule has 9 heteroatoms. The van der Waals surface area contributed by atoms with Gasteiger partial charge < -0.3 is 10.1 Å². The monoisotopic (exact) mass is 410 g/mol. The van der Waals surface area contributed by atoms with Crippen molar-refractivity contribution in [2.45, 2.75) is 24.8 Å². The second-order valence-electron chi connectivity index (χ2n) is 5.55. The lowest BCUT2D eigenvalue weighted by Crippen LogP contribution is -2.35. The van der Waals surface area contributed by atoms with Crippen LogP contribution >= 0.6 is 11.6 Å². The number of hydrogen-bond acceptors (Lipinski definition) is 5. The van der Waals surface area contributed by atoms with Gasteiger partial charge in [-0.25, -0.2) is 13.2 Å². The largest absolute Gasteiger partial charge is 0.449 e. The highest BCUT2D eigenvalue weighted by Gasteiger charge is 2.20. The summed E-state index contributed by atoms with van der Waals surface area (Å²) in [6.45, 7) is 3.63. The summed E-state index contributed by atoms with van der Waals surface area (Å²) in [4.78, 5) is 23.6. The quantitative estimate of drug-likeness (QED) is 0.683. The molecule has 1 atom stereocenters. The number of likely N-dealkylation sites (N-methyl/N-ethyl adjacent to an activating group) is 1. The molecule has 0 unspecified atom stereocenters. The van der Waals surface area contributed by atoms with Crippen LogP contribution in [-0.2, 0) is 19.6 Å². The van der Waals surface area contributed by atoms with Crippen molar-refractivity contribution in [2.24, 2.45) is 0 Å². The number of anilines is 1. The van der Waals surface area contributed by atoms with E-state index in [1.54, 1.807) is 25.1 Å². The van der Waals surface area contributed by atoms with Gasteiger partial charge in [-0.15, -0.1) is 0 Å². The van der Waals surface area contributed by atoms with Crippen molar-refractivity contribution in [1.29, 1.82) is 0 Å². The number of sulfonamides is 1. The molecule has 27 heavy (non-hydrogen) atoms. The number of ether oxygens (including phenoxy) is 1. The summed E-state index contributed by atoms with van der Waals surface area (Å²) in [6, 6.07) is 11.6. The van der Waals surface area contributed by atoms with Gasteiger partial charge >= 0.3 is 5.97 Å². The summed E-state index contributed by atoms with van der Waals surface area (Å²) in [5.74, 6) is -1.13. The fourth-order valence-electron chi connectivity index (χ4n) is 2.12. The Balaban J connectivity index is 2.11. The molecule has 1 amide bonds. The Hall–Kier alpha value is -2.58. The van der Waals surface area contributed by atoms with E-state index >= 15 is 0 Å². The maximum Gasteiger partial charge on any atom is 0.338 e. The van der Waals surface area contributed by atoms with Gasteiger partial charge in [0.25, 0.3) is 15.9 Å². The highest BCUT2D eigenvalue weighted by atomic mass is 35.5. The molecular weight excluding hydrogens is 392 g/mol. The van der Waals surface area contributed by atoms with Gasteiger partial charge in [-0.1, -0.05) is 23.7 Å². The van der Waals surface area contributed by atoms with Gasteiger partial charge in [0.1, 0.15) is 0 Å². The van der Waals surface area contributed by atoms with Gasteiger partial charge in [-0.2, -0.15) is 0 Å². The smallest absolute Gasteiger partial charge is 0.338 e. The zero-order valence-electron chi connectivity index (χ0n) is 14.7. The fraction of sp³-hybridized carbons (Fsp3) is 0.222. The molecule has 0 aromatic heterocycles. The summed E-state index contributed by atoms with van der Waals surface area (Å²) in [5, 5.41) is 2.81. The molecule has 0 aliphatic carbocycles. The lowest BCUT2D eigenvalue weighted by atomic mass is 10.2. The number of carbonyl (C=O) groups excluding carboxylic acids is 2. The number of halogens is 1. The van der Waals surface area contributed by atoms with Crippen LogP contribution in [0.25, 0.3) is 0 Å². The Bertz CT molecular complexity index is 929. The molecule has 2 aromatic rings. The van der Waals surface area contributed by atoms with E-state index in [4.69, 9.17) is 16.3 Å². The average molecular weight is 411 g/mol. The molecule has 2 N–H and O–H groups in total. The molecule has 0 fully saturated rings. The molecule has 0 heterocycles. The first-order chi connectivity index (χ1) is 12.7. The average Bonchev–Trinajstić information content (AvgIpc) is 2.63. The first kappa shape index (κ1) is 20.7. The molecule has 144 valence electrons. The second-order valence-corrected chi connectivity index (χ2v) is 7.64. The number of rotatable bonds is 7. The van der Waals surface area contributed by atoms with E-state index in [0.717, 1.165) is 0 Å². The van der Waals surface area contributed by atoms with Crippen molar-refractivity contribution in [3.8, 4) is 0 Å². The Morgan fingerprint density at radius 1 is 1.11 bits per heavy atom. The Kier molecular flexibility index (Phi) is 6.81. The number of benzene rings is 2. The number of esters is 1. The van der Waals surface area contributed by atoms with E-state index in [9.17, 15) is 18.0 Å². The summed E-state index contributed by atoms with van der Waals surface area (Å²) in [5.41, 5.74) is 0.376. The first-order valence-electron chi connectivity index (χ1n) is 8.10. The first-order valence-corrected chi connectivity index (χ1v) is 9.97. The van der Waals surface area contributed by atoms with Gasteiger partial charge in [-0.3, -0.25) is 9.52 Å². The van der Waals surface area contributed by atoms with Crippen molar-refractivity contribution in [2.75, 3.05) is 11.3 Å². The summed E-state index contributed by atoms with van der Waals surface area (Å²) >= 11 is 5.96. The number of hydrogen-bond donors (Lipinski definition) is 2. The van der Waals surface area contributed by atoms with Crippen molar-refractivity contribution < 1.29 is 22.7 Å². The van der Waals surface area contributed by atoms with Crippen LogP contribution in [0.15, 0.2) is 53.4 Å². The third-order valence-corrected chi connectivity index (χ3v) is 5.23. The highest BCUT2D eigenvalue weighted by Crippen LogP contribution is 2.24. The van der Waals surface area contributed by atoms with E-state index < -0.39 is 28.0 Å². The second kappa shape index (κ2) is 8.88. The van der Waals surface area contributed by atoms with Crippen LogP contribution in [0.4, 0.5) is 5.69 Å². The number of carbonyl (C=O) groups is 2. The van der Waals surface area contributed by atoms with E-state index in [-0.39, 0.29) is 21.2 Å². The van der Waals surface area contributed by atoms with Gasteiger partial charge in [0, 0.05) is 6.54 Å². The summed E-state index contributed by atoms with van der Waals surface area (Å²) in [7, 11) is -3.87. The molecule has 0 aliphatic heterocycles. The predicted molar refractivity (Wildman–Crippen MR) is 102 cm³/mol. The molecule has 2 aromatic carbocycles. The van der Waals surface area contributed by atoms with Crippen molar-refractivity contribution in [3.05, 3.63) is 59.1 Å². The van der Waals surface area contributed by atoms with Crippen LogP contribution in [0.3, 0.4) is 0 Å². The van der Waals surface area contributed by atoms with Crippen molar-refractivity contribution >= 4 is 39.2 Å². The van der Waals surface area contributed by atoms with Gasteiger partial charge in [0.2, 0.25) is 0 Å². The molecule has 0 saturated heterocycles. The SMILES string of the molecule is CCNC(=O)[C@@H](C)OC(=O)c1ccc(S(=O)(=O)Nc2ccccc2Cl)cc1. The van der Waals surface area contributed by atoms with Crippen LogP contribution in [-0.4, -0.2) is 32.9 Å². The standard InChI is InChI=1S/C18H19ClN2O5S/c1-3-20-17(22)12(2)26-18(23)13-8-10-14(11-9-13)27(24,25)21-16-7-5-4-6-15(16)19/h4-12,21H,3H2,1-2H3,(H,20,22)/t12-/m1/s1. The lowest BCUT2D eigenvalue weighted by Gasteiger charge is -2.13. The zero-order chi connectivity index (χ0) is 20.0. The molecule has 2 rings (SSSR count). The van der Waals surface area contributed by atoms with Crippen LogP contribution in [0.1, 0.15) is 24.2 Å². The number of amides is 1. The van der Waals surface area contributed by atoms with E-state index in [1.807, 2.05) is 0 Å². The fourth-order valence-corrected chi connectivity index (χ4v) is 3.44. The molecule has 0 bridgehead atoms. The molecular formula is C18H19ClN2O5S. The van der Waals surface area contributed by atoms with E-state index in [0.29, 0.717) is 6.54 Å². The molecule has 0 spiro atoms. The van der Waals surface area contributed by atoms with Crippen LogP contribution in [0.2, 0.25) is 5.02 Å². The van der Waals surface area contributed by atoms with Crippen LogP contribution in [0, 0.1) is 0 Å². The van der Waals surface area contributed by atoms with Crippen molar-refractivity contribution in [1.82, 2.24) is 5.32 Å². The Morgan fingerprint density at radius 2 is 1.74 bits per heavy atom. The number of nitrogens with one attached hydrogen (secondary N) is 2. The van der Waals surface area contributed by atoms with Gasteiger partial charge in [0.05, 0.1) is 21.2 Å². The molecule has 0 radical (unpaired) electrons. The Labute approximate surface area is 162 Å². The minimum absolute atomic E-state index is 0.0456. The summed E-state index contributed by atoms with van der Waals surface area (Å²) < 4.78 is 32.3. The van der Waals surface area contributed by atoms with Crippen LogP contribution < -0.4 is 10.0 Å². The lowest BCUT2D eigenvalue weighted by molar-refractivity contribution is -0.128. The minimum atomic E-state index is -3.87. The molecule has 0 saturated carbocycles. The minimum Gasteiger partial charge on any atom is -0.449 e. The third-order valence-electron chi connectivity index (χ3n) is 3.52. The molecule has 0 aliphatic rings. The van der Waals surface area contributed by atoms with Gasteiger partial charge in [0.15, 0.2) is 6.10 Å². The molecule has 7 nitrogen and oxygen atoms in total. The van der Waals surface area contributed by atoms with Crippen molar-refractivity contribution in [3.63, 3.8) is 0 Å². The third kappa shape index (κ3) is 5.45. The van der Waals surface area contributed by atoms with E-state index in [1.165, 1.54) is 37.3 Å². The summed E-state index contributed by atoms with van der Waals surface area (Å²) in [6.07, 6.45) is -0.956. The Morgan fingerprint density at radius 3 is 2.33 bits per heavy atom. The predicted octanol–water partition coefficient (Wildman–Crippen LogP) is 2.82. The topological polar surface area (TPSA) is 102 Å². The maximum atomic E-state index is 12.4. The zero-order valence-corrected chi connectivity index (χ0v) is 16.3. The normalized spacial score (nSPS) is 12.1. The highest BCUT2D eigenvalue weighted by molar-refractivity contribution is 7.92. The number of para-hydroxylation sites is 1. The van der Waals surface area contributed by atoms with Gasteiger partial charge in [-0.05, 0) is 50.2 Å².